The lowest BCUT2D eigenvalue weighted by molar-refractivity contribution is -0.0371. The first-order chi connectivity index (χ1) is 7.88. The molecule has 2 heteroatoms. The van der Waals surface area contributed by atoms with E-state index in [9.17, 15) is 10.2 Å². The number of fused-ring (bicyclic) bond motifs is 1. The lowest BCUT2D eigenvalue weighted by Gasteiger charge is -2.39. The SMILES string of the molecule is C=C1CC[C@@H](O)[C@@]2(C)CC[C@H](C(C)C)[C@H]2[C@H]1O. The van der Waals surface area contributed by atoms with E-state index in [0.29, 0.717) is 11.8 Å². The molecular formula is C15H26O2. The molecule has 2 saturated carbocycles. The molecule has 2 aliphatic rings. The number of rotatable bonds is 1. The van der Waals surface area contributed by atoms with Crippen LogP contribution in [-0.4, -0.2) is 22.4 Å². The Morgan fingerprint density at radius 2 is 1.94 bits per heavy atom. The van der Waals surface area contributed by atoms with Gasteiger partial charge in [-0.3, -0.25) is 0 Å². The fourth-order valence-corrected chi connectivity index (χ4v) is 4.10. The first-order valence-corrected chi connectivity index (χ1v) is 6.91. The van der Waals surface area contributed by atoms with E-state index in [-0.39, 0.29) is 17.4 Å². The van der Waals surface area contributed by atoms with Gasteiger partial charge in [-0.05, 0) is 54.4 Å². The Balaban J connectivity index is 2.37. The van der Waals surface area contributed by atoms with Crippen molar-refractivity contribution < 1.29 is 10.2 Å². The molecule has 0 aliphatic heterocycles. The van der Waals surface area contributed by atoms with Crippen LogP contribution in [0.25, 0.3) is 0 Å². The minimum absolute atomic E-state index is 0.117. The number of hydrogen-bond donors (Lipinski definition) is 2. The van der Waals surface area contributed by atoms with E-state index >= 15 is 0 Å². The molecule has 0 spiro atoms. The maximum Gasteiger partial charge on any atom is 0.0784 e. The van der Waals surface area contributed by atoms with Gasteiger partial charge in [0, 0.05) is 0 Å². The van der Waals surface area contributed by atoms with Crippen LogP contribution in [0.5, 0.6) is 0 Å². The zero-order valence-corrected chi connectivity index (χ0v) is 11.3. The number of aliphatic hydroxyl groups is 2. The Kier molecular flexibility index (Phi) is 3.39. The largest absolute Gasteiger partial charge is 0.393 e. The van der Waals surface area contributed by atoms with Gasteiger partial charge in [-0.2, -0.15) is 0 Å². The van der Waals surface area contributed by atoms with Crippen molar-refractivity contribution in [3.8, 4) is 0 Å². The highest BCUT2D eigenvalue weighted by Crippen LogP contribution is 2.56. The maximum absolute atomic E-state index is 10.5. The average Bonchev–Trinajstić information content (AvgIpc) is 2.60. The predicted octanol–water partition coefficient (Wildman–Crippen LogP) is 2.75. The minimum atomic E-state index is -0.424. The summed E-state index contributed by atoms with van der Waals surface area (Å²) in [6.45, 7) is 10.6. The number of aliphatic hydroxyl groups excluding tert-OH is 2. The van der Waals surface area contributed by atoms with Crippen LogP contribution in [0, 0.1) is 23.2 Å². The summed E-state index contributed by atoms with van der Waals surface area (Å²) < 4.78 is 0. The Labute approximate surface area is 105 Å². The molecule has 0 aromatic carbocycles. The predicted molar refractivity (Wildman–Crippen MR) is 69.5 cm³/mol. The Morgan fingerprint density at radius 3 is 2.53 bits per heavy atom. The van der Waals surface area contributed by atoms with Gasteiger partial charge < -0.3 is 10.2 Å². The van der Waals surface area contributed by atoms with Gasteiger partial charge in [0.05, 0.1) is 12.2 Å². The van der Waals surface area contributed by atoms with Crippen LogP contribution < -0.4 is 0 Å². The molecule has 2 N–H and O–H groups in total. The van der Waals surface area contributed by atoms with Gasteiger partial charge in [0.2, 0.25) is 0 Å². The third kappa shape index (κ3) is 1.96. The van der Waals surface area contributed by atoms with Crippen LogP contribution in [0.3, 0.4) is 0 Å². The van der Waals surface area contributed by atoms with Crippen molar-refractivity contribution >= 4 is 0 Å². The Bertz CT molecular complexity index is 310. The van der Waals surface area contributed by atoms with E-state index in [4.69, 9.17) is 0 Å². The van der Waals surface area contributed by atoms with Crippen LogP contribution in [0.2, 0.25) is 0 Å². The summed E-state index contributed by atoms with van der Waals surface area (Å²) in [4.78, 5) is 0. The van der Waals surface area contributed by atoms with E-state index in [0.717, 1.165) is 31.3 Å². The van der Waals surface area contributed by atoms with E-state index in [1.54, 1.807) is 0 Å². The average molecular weight is 238 g/mol. The first-order valence-electron chi connectivity index (χ1n) is 6.91. The molecule has 2 aliphatic carbocycles. The molecule has 17 heavy (non-hydrogen) atoms. The summed E-state index contributed by atoms with van der Waals surface area (Å²) in [5.74, 6) is 1.27. The van der Waals surface area contributed by atoms with Gasteiger partial charge in [0.1, 0.15) is 0 Å². The normalized spacial score (nSPS) is 47.1. The lowest BCUT2D eigenvalue weighted by atomic mass is 9.68. The maximum atomic E-state index is 10.5. The fourth-order valence-electron chi connectivity index (χ4n) is 4.10. The molecule has 98 valence electrons. The standard InChI is InChI=1S/C15H26O2/c1-9(2)11-7-8-15(4)12(16)6-5-10(3)14(17)13(11)15/h9,11-14,16-17H,3,5-8H2,1-2,4H3/t11-,12-,13+,14+,15-/m1/s1. The molecule has 0 radical (unpaired) electrons. The van der Waals surface area contributed by atoms with Crippen LogP contribution in [0.15, 0.2) is 12.2 Å². The highest BCUT2D eigenvalue weighted by molar-refractivity contribution is 5.15. The lowest BCUT2D eigenvalue weighted by Crippen LogP contribution is -2.42. The summed E-state index contributed by atoms with van der Waals surface area (Å²) in [7, 11) is 0. The quantitative estimate of drug-likeness (QED) is 0.690. The van der Waals surface area contributed by atoms with Crippen LogP contribution >= 0.6 is 0 Å². The zero-order valence-electron chi connectivity index (χ0n) is 11.3. The molecule has 0 saturated heterocycles. The molecule has 0 aromatic heterocycles. The topological polar surface area (TPSA) is 40.5 Å². The van der Waals surface area contributed by atoms with Crippen molar-refractivity contribution in [3.05, 3.63) is 12.2 Å². The van der Waals surface area contributed by atoms with Crippen LogP contribution in [-0.2, 0) is 0 Å². The molecule has 0 heterocycles. The third-order valence-corrected chi connectivity index (χ3v) is 5.35. The Morgan fingerprint density at radius 1 is 1.29 bits per heavy atom. The monoisotopic (exact) mass is 238 g/mol. The molecular weight excluding hydrogens is 212 g/mol. The highest BCUT2D eigenvalue weighted by atomic mass is 16.3. The molecule has 0 unspecified atom stereocenters. The molecule has 5 atom stereocenters. The third-order valence-electron chi connectivity index (χ3n) is 5.35. The zero-order chi connectivity index (χ0) is 12.8. The summed E-state index contributed by atoms with van der Waals surface area (Å²) >= 11 is 0. The van der Waals surface area contributed by atoms with E-state index in [2.05, 4.69) is 27.4 Å². The van der Waals surface area contributed by atoms with Gasteiger partial charge >= 0.3 is 0 Å². The van der Waals surface area contributed by atoms with E-state index in [1.165, 1.54) is 0 Å². The van der Waals surface area contributed by atoms with Gasteiger partial charge in [0.15, 0.2) is 0 Å². The van der Waals surface area contributed by atoms with Crippen molar-refractivity contribution in [3.63, 3.8) is 0 Å². The summed E-state index contributed by atoms with van der Waals surface area (Å²) in [6, 6.07) is 0. The first kappa shape index (κ1) is 13.1. The van der Waals surface area contributed by atoms with Gasteiger partial charge in [-0.1, -0.05) is 27.4 Å². The van der Waals surface area contributed by atoms with Gasteiger partial charge in [0.25, 0.3) is 0 Å². The molecule has 0 aromatic rings. The molecule has 0 bridgehead atoms. The van der Waals surface area contributed by atoms with Crippen molar-refractivity contribution in [1.29, 1.82) is 0 Å². The minimum Gasteiger partial charge on any atom is -0.393 e. The van der Waals surface area contributed by atoms with Crippen molar-refractivity contribution in [2.75, 3.05) is 0 Å². The number of hydrogen-bond acceptors (Lipinski definition) is 2. The Hall–Kier alpha value is -0.340. The summed E-state index contributed by atoms with van der Waals surface area (Å²) in [5.41, 5.74) is 0.804. The smallest absolute Gasteiger partial charge is 0.0784 e. The van der Waals surface area contributed by atoms with Gasteiger partial charge in [-0.25, -0.2) is 0 Å². The second-order valence-corrected chi connectivity index (χ2v) is 6.64. The van der Waals surface area contributed by atoms with Crippen molar-refractivity contribution in [2.24, 2.45) is 23.2 Å². The van der Waals surface area contributed by atoms with E-state index < -0.39 is 6.10 Å². The molecule has 0 amide bonds. The highest BCUT2D eigenvalue weighted by Gasteiger charge is 2.54. The second kappa shape index (κ2) is 4.40. The second-order valence-electron chi connectivity index (χ2n) is 6.64. The van der Waals surface area contributed by atoms with Crippen LogP contribution in [0.4, 0.5) is 0 Å². The van der Waals surface area contributed by atoms with E-state index in [1.807, 2.05) is 0 Å². The van der Waals surface area contributed by atoms with Crippen molar-refractivity contribution in [2.45, 2.75) is 58.7 Å². The van der Waals surface area contributed by atoms with Crippen LogP contribution in [0.1, 0.15) is 46.5 Å². The molecule has 2 nitrogen and oxygen atoms in total. The summed E-state index contributed by atoms with van der Waals surface area (Å²) in [5, 5.41) is 20.9. The summed E-state index contributed by atoms with van der Waals surface area (Å²) in [6.07, 6.45) is 2.97. The van der Waals surface area contributed by atoms with Crippen molar-refractivity contribution in [1.82, 2.24) is 0 Å². The molecule has 2 fully saturated rings. The molecule has 2 rings (SSSR count). The fraction of sp³-hybridized carbons (Fsp3) is 0.867. The van der Waals surface area contributed by atoms with Gasteiger partial charge in [-0.15, -0.1) is 0 Å².